The van der Waals surface area contributed by atoms with Crippen LogP contribution in [0, 0.1) is 13.8 Å². The summed E-state index contributed by atoms with van der Waals surface area (Å²) in [5.74, 6) is 0.272. The van der Waals surface area contributed by atoms with E-state index < -0.39 is 10.0 Å². The third-order valence-corrected chi connectivity index (χ3v) is 6.57. The van der Waals surface area contributed by atoms with Gasteiger partial charge in [0, 0.05) is 18.7 Å². The number of benzene rings is 1. The lowest BCUT2D eigenvalue weighted by Gasteiger charge is -2.15. The molecule has 7 nitrogen and oxygen atoms in total. The number of hydrogen-bond acceptors (Lipinski definition) is 5. The summed E-state index contributed by atoms with van der Waals surface area (Å²) in [5, 5.41) is 4.20. The average molecular weight is 363 g/mol. The van der Waals surface area contributed by atoms with E-state index in [2.05, 4.69) is 5.10 Å². The molecule has 3 rings (SSSR count). The van der Waals surface area contributed by atoms with Crippen molar-refractivity contribution in [3.63, 3.8) is 0 Å². The SMILES string of the molecule is COc1ccc(C(=O)n2nc(C)c(S(=O)(=O)N3CCCC3)c2C)cc1. The van der Waals surface area contributed by atoms with Crippen molar-refractivity contribution in [3.05, 3.63) is 41.2 Å². The molecule has 0 radical (unpaired) electrons. The molecule has 1 fully saturated rings. The number of ether oxygens (including phenoxy) is 1. The number of rotatable bonds is 4. The third-order valence-electron chi connectivity index (χ3n) is 4.42. The van der Waals surface area contributed by atoms with E-state index in [0.29, 0.717) is 35.8 Å². The molecule has 0 aliphatic carbocycles. The van der Waals surface area contributed by atoms with E-state index in [1.807, 2.05) is 0 Å². The van der Waals surface area contributed by atoms with Crippen molar-refractivity contribution in [2.45, 2.75) is 31.6 Å². The molecule has 0 saturated carbocycles. The maximum atomic E-state index is 12.9. The van der Waals surface area contributed by atoms with Gasteiger partial charge in [-0.1, -0.05) is 0 Å². The zero-order valence-corrected chi connectivity index (χ0v) is 15.3. The summed E-state index contributed by atoms with van der Waals surface area (Å²) in [4.78, 5) is 12.9. The van der Waals surface area contributed by atoms with Gasteiger partial charge in [-0.3, -0.25) is 4.79 Å². The van der Waals surface area contributed by atoms with E-state index in [1.54, 1.807) is 45.2 Å². The van der Waals surface area contributed by atoms with Crippen molar-refractivity contribution in [2.24, 2.45) is 0 Å². The van der Waals surface area contributed by atoms with Crippen molar-refractivity contribution >= 4 is 15.9 Å². The highest BCUT2D eigenvalue weighted by Gasteiger charge is 2.33. The molecule has 0 bridgehead atoms. The standard InChI is InChI=1S/C17H21N3O4S/c1-12-16(25(22,23)19-10-4-5-11-19)13(2)20(18-12)17(21)14-6-8-15(24-3)9-7-14/h6-9H,4-5,10-11H2,1-3H3. The number of sulfonamides is 1. The fourth-order valence-electron chi connectivity index (χ4n) is 3.11. The van der Waals surface area contributed by atoms with E-state index in [9.17, 15) is 13.2 Å². The largest absolute Gasteiger partial charge is 0.497 e. The van der Waals surface area contributed by atoms with Gasteiger partial charge in [0.15, 0.2) is 0 Å². The molecule has 2 aromatic rings. The second-order valence-electron chi connectivity index (χ2n) is 6.06. The van der Waals surface area contributed by atoms with Crippen LogP contribution < -0.4 is 4.74 Å². The Hall–Kier alpha value is -2.19. The predicted octanol–water partition coefficient (Wildman–Crippen LogP) is 1.98. The van der Waals surface area contributed by atoms with Gasteiger partial charge in [-0.25, -0.2) is 8.42 Å². The van der Waals surface area contributed by atoms with Crippen LogP contribution in [0.2, 0.25) is 0 Å². The predicted molar refractivity (Wildman–Crippen MR) is 92.4 cm³/mol. The molecule has 1 aliphatic heterocycles. The number of aromatic nitrogens is 2. The van der Waals surface area contributed by atoms with Crippen molar-refractivity contribution in [2.75, 3.05) is 20.2 Å². The van der Waals surface area contributed by atoms with Crippen LogP contribution in [-0.4, -0.2) is 48.6 Å². The quantitative estimate of drug-likeness (QED) is 0.830. The molecule has 0 atom stereocenters. The molecule has 1 aliphatic rings. The highest BCUT2D eigenvalue weighted by Crippen LogP contribution is 2.27. The summed E-state index contributed by atoms with van der Waals surface area (Å²) in [6, 6.07) is 6.63. The zero-order valence-electron chi connectivity index (χ0n) is 14.5. The van der Waals surface area contributed by atoms with E-state index >= 15 is 0 Å². The van der Waals surface area contributed by atoms with Gasteiger partial charge in [0.1, 0.15) is 10.6 Å². The number of carbonyl (C=O) groups excluding carboxylic acids is 1. The molecule has 1 aromatic heterocycles. The Kier molecular flexibility index (Phi) is 4.66. The van der Waals surface area contributed by atoms with Crippen molar-refractivity contribution in [1.29, 1.82) is 0 Å². The topological polar surface area (TPSA) is 81.5 Å². The number of carbonyl (C=O) groups is 1. The fourth-order valence-corrected chi connectivity index (χ4v) is 4.98. The van der Waals surface area contributed by atoms with Gasteiger partial charge >= 0.3 is 0 Å². The van der Waals surface area contributed by atoms with Crippen LogP contribution in [0.1, 0.15) is 34.6 Å². The van der Waals surface area contributed by atoms with Crippen molar-refractivity contribution in [3.8, 4) is 5.75 Å². The summed E-state index contributed by atoms with van der Waals surface area (Å²) in [5.41, 5.74) is 1.09. The molecular weight excluding hydrogens is 342 g/mol. The maximum Gasteiger partial charge on any atom is 0.278 e. The Balaban J connectivity index is 2.00. The molecule has 8 heteroatoms. The number of methoxy groups -OCH3 is 1. The third kappa shape index (κ3) is 3.07. The first-order chi connectivity index (χ1) is 11.9. The minimum atomic E-state index is -3.63. The average Bonchev–Trinajstić information content (AvgIpc) is 3.23. The molecule has 25 heavy (non-hydrogen) atoms. The minimum Gasteiger partial charge on any atom is -0.497 e. The summed E-state index contributed by atoms with van der Waals surface area (Å²) in [6.45, 7) is 4.26. The van der Waals surface area contributed by atoms with Gasteiger partial charge in [-0.2, -0.15) is 14.1 Å². The van der Waals surface area contributed by atoms with Gasteiger partial charge in [-0.15, -0.1) is 0 Å². The highest BCUT2D eigenvalue weighted by molar-refractivity contribution is 7.89. The van der Waals surface area contributed by atoms with Crippen LogP contribution in [0.25, 0.3) is 0 Å². The lowest BCUT2D eigenvalue weighted by molar-refractivity contribution is 0.0942. The fraction of sp³-hybridized carbons (Fsp3) is 0.412. The number of nitrogens with zero attached hydrogens (tertiary/aromatic N) is 3. The van der Waals surface area contributed by atoms with Gasteiger partial charge in [-0.05, 0) is 51.0 Å². The second kappa shape index (κ2) is 6.61. The molecule has 134 valence electrons. The lowest BCUT2D eigenvalue weighted by Crippen LogP contribution is -2.29. The molecule has 0 unspecified atom stereocenters. The van der Waals surface area contributed by atoms with Gasteiger partial charge in [0.05, 0.1) is 18.5 Å². The molecular formula is C17H21N3O4S. The second-order valence-corrected chi connectivity index (χ2v) is 7.93. The Labute approximate surface area is 147 Å². The van der Waals surface area contributed by atoms with E-state index in [0.717, 1.165) is 12.8 Å². The molecule has 0 amide bonds. The molecule has 0 spiro atoms. The van der Waals surface area contributed by atoms with Crippen LogP contribution in [0.4, 0.5) is 0 Å². The van der Waals surface area contributed by atoms with Crippen molar-refractivity contribution in [1.82, 2.24) is 14.1 Å². The zero-order chi connectivity index (χ0) is 18.2. The smallest absolute Gasteiger partial charge is 0.278 e. The molecule has 1 aromatic carbocycles. The summed E-state index contributed by atoms with van der Waals surface area (Å²) < 4.78 is 33.5. The van der Waals surface area contributed by atoms with Crippen LogP contribution in [0.5, 0.6) is 5.75 Å². The summed E-state index contributed by atoms with van der Waals surface area (Å²) >= 11 is 0. The monoisotopic (exact) mass is 363 g/mol. The highest BCUT2D eigenvalue weighted by atomic mass is 32.2. The Morgan fingerprint density at radius 2 is 1.72 bits per heavy atom. The van der Waals surface area contributed by atoms with Gasteiger partial charge in [0.2, 0.25) is 10.0 Å². The maximum absolute atomic E-state index is 12.9. The first kappa shape index (κ1) is 17.6. The Morgan fingerprint density at radius 1 is 1.12 bits per heavy atom. The van der Waals surface area contributed by atoms with Crippen molar-refractivity contribution < 1.29 is 17.9 Å². The number of aryl methyl sites for hydroxylation is 1. The normalized spacial score (nSPS) is 15.5. The van der Waals surface area contributed by atoms with Crippen LogP contribution in [0.3, 0.4) is 0 Å². The van der Waals surface area contributed by atoms with Crippen LogP contribution in [0.15, 0.2) is 29.2 Å². The van der Waals surface area contributed by atoms with Gasteiger partial charge < -0.3 is 4.74 Å². The molecule has 2 heterocycles. The van der Waals surface area contributed by atoms with Gasteiger partial charge in [0.25, 0.3) is 5.91 Å². The van der Waals surface area contributed by atoms with E-state index in [1.165, 1.54) is 8.99 Å². The number of hydrogen-bond donors (Lipinski definition) is 0. The summed E-state index contributed by atoms with van der Waals surface area (Å²) in [6.07, 6.45) is 1.71. The minimum absolute atomic E-state index is 0.135. The van der Waals surface area contributed by atoms with Crippen LogP contribution >= 0.6 is 0 Å². The summed E-state index contributed by atoms with van der Waals surface area (Å²) in [7, 11) is -2.08. The first-order valence-corrected chi connectivity index (χ1v) is 9.55. The Morgan fingerprint density at radius 3 is 2.28 bits per heavy atom. The Bertz CT molecular complexity index is 895. The van der Waals surface area contributed by atoms with E-state index in [4.69, 9.17) is 4.74 Å². The van der Waals surface area contributed by atoms with Crippen LogP contribution in [-0.2, 0) is 10.0 Å². The lowest BCUT2D eigenvalue weighted by atomic mass is 10.2. The molecule has 1 saturated heterocycles. The first-order valence-electron chi connectivity index (χ1n) is 8.11. The molecule has 0 N–H and O–H groups in total. The van der Waals surface area contributed by atoms with E-state index in [-0.39, 0.29) is 10.8 Å².